The van der Waals surface area contributed by atoms with Crippen LogP contribution in [0.3, 0.4) is 0 Å². The second-order valence-electron chi connectivity index (χ2n) is 17.6. The van der Waals surface area contributed by atoms with E-state index in [1.165, 1.54) is 103 Å². The Bertz CT molecular complexity index is 1270. The molecule has 0 aromatic carbocycles. The highest BCUT2D eigenvalue weighted by molar-refractivity contribution is 5.76. The molecule has 64 heavy (non-hydrogen) atoms. The fourth-order valence-corrected chi connectivity index (χ4v) is 7.58. The van der Waals surface area contributed by atoms with E-state index in [2.05, 4.69) is 92.1 Å². The fourth-order valence-electron chi connectivity index (χ4n) is 7.58. The number of amides is 1. The fraction of sp³-hybridized carbons (Fsp3) is 0.727. The number of allylic oxidation sites excluding steroid dienone is 13. The van der Waals surface area contributed by atoms with Crippen LogP contribution in [0.25, 0.3) is 0 Å². The second kappa shape index (κ2) is 44.2. The summed E-state index contributed by atoms with van der Waals surface area (Å²) in [6.07, 6.45) is 55.1. The lowest BCUT2D eigenvalue weighted by Gasteiger charge is -2.40. The summed E-state index contributed by atoms with van der Waals surface area (Å²) in [6, 6.07) is -0.830. The molecule has 0 aliphatic carbocycles. The lowest BCUT2D eigenvalue weighted by atomic mass is 9.99. The number of rotatable bonds is 42. The van der Waals surface area contributed by atoms with Crippen LogP contribution in [-0.4, -0.2) is 87.5 Å². The molecule has 9 nitrogen and oxygen atoms in total. The third kappa shape index (κ3) is 33.8. The molecule has 1 heterocycles. The first kappa shape index (κ1) is 59.4. The molecule has 0 saturated carbocycles. The van der Waals surface area contributed by atoms with E-state index in [1.54, 1.807) is 6.08 Å². The van der Waals surface area contributed by atoms with Gasteiger partial charge in [-0.2, -0.15) is 0 Å². The number of ether oxygens (including phenoxy) is 2. The molecular weight excluding hydrogens is 803 g/mol. The standard InChI is InChI=1S/C55H95NO8/c1-3-5-7-9-11-13-15-17-18-19-20-21-22-23-24-25-26-27-28-29-30-31-32-33-35-37-39-41-43-45-51(59)56-48(47-63-55-54(62)53(61)52(60)50(46-57)64-55)49(58)44-42-40-38-36-34-16-14-12-10-8-6-4-2/h5,7,10-13,17-18,20-21,34,36,42,44,48-50,52-55,57-58,60-62H,3-4,6,8-9,14-16,19,22-33,35,37-41,43,45-47H2,1-2H3,(H,56,59)/b7-5-,12-10+,13-11-,18-17-,21-20-,36-34+,44-42+. The molecule has 1 saturated heterocycles. The minimum atomic E-state index is -1.58. The van der Waals surface area contributed by atoms with E-state index in [4.69, 9.17) is 9.47 Å². The highest BCUT2D eigenvalue weighted by atomic mass is 16.7. The number of carbonyl (C=O) groups excluding carboxylic acids is 1. The zero-order chi connectivity index (χ0) is 46.6. The Balaban J connectivity index is 2.20. The predicted octanol–water partition coefficient (Wildman–Crippen LogP) is 11.9. The Morgan fingerprint density at radius 3 is 1.50 bits per heavy atom. The zero-order valence-electron chi connectivity index (χ0n) is 40.5. The molecule has 9 heteroatoms. The minimum Gasteiger partial charge on any atom is -0.394 e. The molecule has 0 aromatic rings. The van der Waals surface area contributed by atoms with Crippen molar-refractivity contribution in [3.63, 3.8) is 0 Å². The maximum atomic E-state index is 13.0. The molecule has 7 atom stereocenters. The summed E-state index contributed by atoms with van der Waals surface area (Å²) in [5, 5.41) is 54.2. The molecule has 7 unspecified atom stereocenters. The first-order chi connectivity index (χ1) is 31.3. The van der Waals surface area contributed by atoms with Gasteiger partial charge in [-0.15, -0.1) is 0 Å². The lowest BCUT2D eigenvalue weighted by Crippen LogP contribution is -2.60. The molecule has 6 N–H and O–H groups in total. The van der Waals surface area contributed by atoms with E-state index < -0.39 is 49.5 Å². The van der Waals surface area contributed by atoms with Crippen LogP contribution in [0.2, 0.25) is 0 Å². The highest BCUT2D eigenvalue weighted by Crippen LogP contribution is 2.22. The zero-order valence-corrected chi connectivity index (χ0v) is 40.5. The Morgan fingerprint density at radius 1 is 0.547 bits per heavy atom. The largest absolute Gasteiger partial charge is 0.394 e. The van der Waals surface area contributed by atoms with Crippen LogP contribution in [0.1, 0.15) is 200 Å². The van der Waals surface area contributed by atoms with Crippen molar-refractivity contribution in [1.82, 2.24) is 5.32 Å². The SMILES string of the molecule is CC/C=C\C/C=C\C/C=C\C/C=C\CCCCCCCCCCCCCCCCCCC(=O)NC(COC1OC(CO)C(O)C(O)C1O)C(O)/C=C/CC/C=C/CC/C=C/CCCC. The third-order valence-corrected chi connectivity index (χ3v) is 11.7. The van der Waals surface area contributed by atoms with Gasteiger partial charge in [0.25, 0.3) is 0 Å². The average molecular weight is 898 g/mol. The summed E-state index contributed by atoms with van der Waals surface area (Å²) in [5.41, 5.74) is 0. The molecule has 0 bridgehead atoms. The van der Waals surface area contributed by atoms with Crippen molar-refractivity contribution in [3.05, 3.63) is 85.1 Å². The number of hydrogen-bond acceptors (Lipinski definition) is 8. The third-order valence-electron chi connectivity index (χ3n) is 11.7. The van der Waals surface area contributed by atoms with Crippen molar-refractivity contribution in [1.29, 1.82) is 0 Å². The normalized spacial score (nSPS) is 20.8. The first-order valence-electron chi connectivity index (χ1n) is 25.8. The number of unbranched alkanes of at least 4 members (excludes halogenated alkanes) is 20. The van der Waals surface area contributed by atoms with Gasteiger partial charge in [-0.1, -0.05) is 202 Å². The van der Waals surface area contributed by atoms with Crippen LogP contribution < -0.4 is 5.32 Å². The summed E-state index contributed by atoms with van der Waals surface area (Å²) in [4.78, 5) is 13.0. The van der Waals surface area contributed by atoms with Crippen molar-refractivity contribution in [3.8, 4) is 0 Å². The first-order valence-corrected chi connectivity index (χ1v) is 25.8. The van der Waals surface area contributed by atoms with Gasteiger partial charge in [0.2, 0.25) is 5.91 Å². The molecule has 1 amide bonds. The van der Waals surface area contributed by atoms with E-state index in [1.807, 2.05) is 6.08 Å². The van der Waals surface area contributed by atoms with E-state index in [9.17, 15) is 30.3 Å². The molecule has 1 fully saturated rings. The minimum absolute atomic E-state index is 0.195. The number of carbonyl (C=O) groups is 1. The van der Waals surface area contributed by atoms with Crippen LogP contribution in [-0.2, 0) is 14.3 Å². The molecule has 0 radical (unpaired) electrons. The molecule has 368 valence electrons. The quantitative estimate of drug-likeness (QED) is 0.0262. The van der Waals surface area contributed by atoms with Crippen molar-refractivity contribution in [2.24, 2.45) is 0 Å². The summed E-state index contributed by atoms with van der Waals surface area (Å²) < 4.78 is 11.2. The molecule has 0 spiro atoms. The van der Waals surface area contributed by atoms with Gasteiger partial charge >= 0.3 is 0 Å². The molecular formula is C55H95NO8. The average Bonchev–Trinajstić information content (AvgIpc) is 3.29. The second-order valence-corrected chi connectivity index (χ2v) is 17.6. The van der Waals surface area contributed by atoms with Gasteiger partial charge in [0.15, 0.2) is 6.29 Å². The van der Waals surface area contributed by atoms with Gasteiger partial charge in [0.05, 0.1) is 25.4 Å². The predicted molar refractivity (Wildman–Crippen MR) is 267 cm³/mol. The Labute approximate surface area is 391 Å². The molecule has 1 rings (SSSR count). The monoisotopic (exact) mass is 898 g/mol. The van der Waals surface area contributed by atoms with E-state index in [-0.39, 0.29) is 12.5 Å². The van der Waals surface area contributed by atoms with E-state index in [0.29, 0.717) is 6.42 Å². The van der Waals surface area contributed by atoms with Gasteiger partial charge in [-0.3, -0.25) is 4.79 Å². The number of hydrogen-bond donors (Lipinski definition) is 6. The van der Waals surface area contributed by atoms with Crippen LogP contribution in [0, 0.1) is 0 Å². The van der Waals surface area contributed by atoms with Gasteiger partial charge in [-0.25, -0.2) is 0 Å². The summed E-state index contributed by atoms with van der Waals surface area (Å²) in [7, 11) is 0. The van der Waals surface area contributed by atoms with Crippen molar-refractivity contribution >= 4 is 5.91 Å². The Hall–Kier alpha value is -2.63. The van der Waals surface area contributed by atoms with Crippen LogP contribution in [0.4, 0.5) is 0 Å². The van der Waals surface area contributed by atoms with Gasteiger partial charge < -0.3 is 40.3 Å². The van der Waals surface area contributed by atoms with Crippen molar-refractivity contribution in [2.75, 3.05) is 13.2 Å². The summed E-state index contributed by atoms with van der Waals surface area (Å²) in [5.74, 6) is -0.195. The van der Waals surface area contributed by atoms with Crippen molar-refractivity contribution < 1.29 is 39.8 Å². The van der Waals surface area contributed by atoms with Gasteiger partial charge in [-0.05, 0) is 77.0 Å². The Morgan fingerprint density at radius 2 is 0.984 bits per heavy atom. The molecule has 0 aromatic heterocycles. The molecule has 1 aliphatic heterocycles. The maximum Gasteiger partial charge on any atom is 0.220 e. The van der Waals surface area contributed by atoms with Crippen LogP contribution in [0.5, 0.6) is 0 Å². The number of aliphatic hydroxyl groups excluding tert-OH is 5. The van der Waals surface area contributed by atoms with E-state index in [0.717, 1.165) is 77.0 Å². The van der Waals surface area contributed by atoms with E-state index >= 15 is 0 Å². The molecule has 1 aliphatic rings. The topological polar surface area (TPSA) is 149 Å². The lowest BCUT2D eigenvalue weighted by molar-refractivity contribution is -0.302. The smallest absolute Gasteiger partial charge is 0.220 e. The summed E-state index contributed by atoms with van der Waals surface area (Å²) in [6.45, 7) is 3.58. The number of nitrogens with one attached hydrogen (secondary N) is 1. The summed E-state index contributed by atoms with van der Waals surface area (Å²) >= 11 is 0. The maximum absolute atomic E-state index is 13.0. The van der Waals surface area contributed by atoms with Gasteiger partial charge in [0, 0.05) is 6.42 Å². The van der Waals surface area contributed by atoms with Crippen LogP contribution >= 0.6 is 0 Å². The van der Waals surface area contributed by atoms with Crippen LogP contribution in [0.15, 0.2) is 85.1 Å². The van der Waals surface area contributed by atoms with Gasteiger partial charge in [0.1, 0.15) is 24.4 Å². The van der Waals surface area contributed by atoms with Crippen molar-refractivity contribution in [2.45, 2.75) is 243 Å². The number of aliphatic hydroxyl groups is 5. The highest BCUT2D eigenvalue weighted by Gasteiger charge is 2.44. The Kier molecular flexibility index (Phi) is 41.0.